The second kappa shape index (κ2) is 5.12. The lowest BCUT2D eigenvalue weighted by molar-refractivity contribution is 0.646. The van der Waals surface area contributed by atoms with Crippen LogP contribution >= 0.6 is 22.9 Å². The monoisotopic (exact) mass is 280 g/mol. The molecule has 1 aliphatic heterocycles. The van der Waals surface area contributed by atoms with Crippen molar-refractivity contribution in [2.45, 2.75) is 0 Å². The molecule has 1 fully saturated rings. The van der Waals surface area contributed by atoms with Crippen molar-refractivity contribution in [3.8, 4) is 0 Å². The molecule has 0 saturated carbocycles. The van der Waals surface area contributed by atoms with Crippen LogP contribution in [-0.4, -0.2) is 36.1 Å². The zero-order chi connectivity index (χ0) is 12.4. The smallest absolute Gasteiger partial charge is 0.185 e. The molecular weight excluding hydrogens is 268 g/mol. The van der Waals surface area contributed by atoms with E-state index in [-0.39, 0.29) is 0 Å². The van der Waals surface area contributed by atoms with Gasteiger partial charge in [-0.2, -0.15) is 0 Å². The fourth-order valence-corrected chi connectivity index (χ4v) is 2.93. The van der Waals surface area contributed by atoms with E-state index < -0.39 is 0 Å². The lowest BCUT2D eigenvalue weighted by Gasteiger charge is -2.35. The summed E-state index contributed by atoms with van der Waals surface area (Å²) in [6.07, 6.45) is 1.85. The Morgan fingerprint density at radius 2 is 1.89 bits per heavy atom. The van der Waals surface area contributed by atoms with Crippen molar-refractivity contribution in [3.05, 3.63) is 34.9 Å². The zero-order valence-electron chi connectivity index (χ0n) is 9.79. The molecule has 2 aromatic heterocycles. The Morgan fingerprint density at radius 3 is 2.56 bits per heavy atom. The second-order valence-electron chi connectivity index (χ2n) is 4.11. The third-order valence-electron chi connectivity index (χ3n) is 2.99. The number of halogens is 1. The third-order valence-corrected chi connectivity index (χ3v) is 4.04. The van der Waals surface area contributed by atoms with Crippen LogP contribution in [0.5, 0.6) is 0 Å². The van der Waals surface area contributed by atoms with Crippen LogP contribution in [-0.2, 0) is 0 Å². The van der Waals surface area contributed by atoms with Gasteiger partial charge < -0.3 is 9.80 Å². The molecule has 0 atom stereocenters. The molecule has 0 bridgehead atoms. The van der Waals surface area contributed by atoms with E-state index in [1.54, 1.807) is 17.4 Å². The largest absolute Gasteiger partial charge is 0.353 e. The molecule has 0 radical (unpaired) electrons. The number of rotatable bonds is 2. The second-order valence-corrected chi connectivity index (χ2v) is 5.37. The standard InChI is InChI=1S/C12H13ClN4S/c13-10-2-1-3-11(15-10)16-5-7-17(8-6-16)12-14-4-9-18-12/h1-4,9H,5-8H2. The minimum Gasteiger partial charge on any atom is -0.353 e. The number of pyridine rings is 1. The van der Waals surface area contributed by atoms with E-state index in [2.05, 4.69) is 19.8 Å². The van der Waals surface area contributed by atoms with Crippen molar-refractivity contribution < 1.29 is 0 Å². The van der Waals surface area contributed by atoms with Crippen molar-refractivity contribution in [2.24, 2.45) is 0 Å². The summed E-state index contributed by atoms with van der Waals surface area (Å²) in [5.41, 5.74) is 0. The minimum atomic E-state index is 0.551. The van der Waals surface area contributed by atoms with E-state index in [1.807, 2.05) is 23.7 Å². The van der Waals surface area contributed by atoms with Gasteiger partial charge in [0.25, 0.3) is 0 Å². The van der Waals surface area contributed by atoms with Gasteiger partial charge in [-0.1, -0.05) is 17.7 Å². The van der Waals surface area contributed by atoms with Crippen LogP contribution in [0.4, 0.5) is 10.9 Å². The molecule has 3 heterocycles. The Kier molecular flexibility index (Phi) is 3.34. The number of hydrogen-bond donors (Lipinski definition) is 0. The van der Waals surface area contributed by atoms with Gasteiger partial charge in [-0.25, -0.2) is 9.97 Å². The molecule has 3 rings (SSSR count). The van der Waals surface area contributed by atoms with Crippen molar-refractivity contribution in [1.29, 1.82) is 0 Å². The lowest BCUT2D eigenvalue weighted by atomic mass is 10.3. The first kappa shape index (κ1) is 11.7. The molecule has 94 valence electrons. The van der Waals surface area contributed by atoms with E-state index in [1.165, 1.54) is 0 Å². The van der Waals surface area contributed by atoms with Gasteiger partial charge in [0.2, 0.25) is 0 Å². The average Bonchev–Trinajstić information content (AvgIpc) is 2.93. The topological polar surface area (TPSA) is 32.3 Å². The van der Waals surface area contributed by atoms with E-state index >= 15 is 0 Å². The van der Waals surface area contributed by atoms with Gasteiger partial charge in [-0.15, -0.1) is 11.3 Å². The number of aromatic nitrogens is 2. The Morgan fingerprint density at radius 1 is 1.11 bits per heavy atom. The van der Waals surface area contributed by atoms with Crippen molar-refractivity contribution >= 4 is 33.9 Å². The molecule has 0 aliphatic carbocycles. The normalized spacial score (nSPS) is 16.1. The zero-order valence-corrected chi connectivity index (χ0v) is 11.4. The predicted molar refractivity (Wildman–Crippen MR) is 75.8 cm³/mol. The fourth-order valence-electron chi connectivity index (χ4n) is 2.07. The van der Waals surface area contributed by atoms with E-state index in [0.29, 0.717) is 5.15 Å². The summed E-state index contributed by atoms with van der Waals surface area (Å²) in [4.78, 5) is 13.3. The summed E-state index contributed by atoms with van der Waals surface area (Å²) in [6, 6.07) is 5.75. The summed E-state index contributed by atoms with van der Waals surface area (Å²) in [6.45, 7) is 3.85. The van der Waals surface area contributed by atoms with Crippen LogP contribution in [0.1, 0.15) is 0 Å². The van der Waals surface area contributed by atoms with Gasteiger partial charge in [-0.05, 0) is 12.1 Å². The van der Waals surface area contributed by atoms with E-state index in [4.69, 9.17) is 11.6 Å². The first-order chi connectivity index (χ1) is 8.83. The Labute approximate surface area is 115 Å². The van der Waals surface area contributed by atoms with Gasteiger partial charge in [0.1, 0.15) is 11.0 Å². The maximum Gasteiger partial charge on any atom is 0.185 e. The molecule has 0 unspecified atom stereocenters. The first-order valence-electron chi connectivity index (χ1n) is 5.85. The quantitative estimate of drug-likeness (QED) is 0.792. The summed E-state index contributed by atoms with van der Waals surface area (Å²) < 4.78 is 0. The molecule has 1 saturated heterocycles. The van der Waals surface area contributed by atoms with Crippen LogP contribution in [0.3, 0.4) is 0 Å². The van der Waals surface area contributed by atoms with Crippen LogP contribution in [0.15, 0.2) is 29.8 Å². The summed E-state index contributed by atoms with van der Waals surface area (Å²) in [5, 5.41) is 3.67. The third kappa shape index (κ3) is 2.42. The number of thiazole rings is 1. The highest BCUT2D eigenvalue weighted by Crippen LogP contribution is 2.21. The van der Waals surface area contributed by atoms with Gasteiger partial charge >= 0.3 is 0 Å². The van der Waals surface area contributed by atoms with Crippen LogP contribution in [0.2, 0.25) is 5.15 Å². The number of hydrogen-bond acceptors (Lipinski definition) is 5. The maximum absolute atomic E-state index is 5.92. The number of nitrogens with zero attached hydrogens (tertiary/aromatic N) is 4. The highest BCUT2D eigenvalue weighted by molar-refractivity contribution is 7.13. The van der Waals surface area contributed by atoms with Crippen molar-refractivity contribution in [3.63, 3.8) is 0 Å². The molecule has 6 heteroatoms. The molecular formula is C12H13ClN4S. The van der Waals surface area contributed by atoms with Gasteiger partial charge in [0.05, 0.1) is 0 Å². The molecule has 0 amide bonds. The van der Waals surface area contributed by atoms with Crippen molar-refractivity contribution in [1.82, 2.24) is 9.97 Å². The number of anilines is 2. The van der Waals surface area contributed by atoms with Gasteiger partial charge in [-0.3, -0.25) is 0 Å². The molecule has 0 spiro atoms. The van der Waals surface area contributed by atoms with Gasteiger partial charge in [0.15, 0.2) is 5.13 Å². The predicted octanol–water partition coefficient (Wildman–Crippen LogP) is 2.52. The maximum atomic E-state index is 5.92. The molecule has 4 nitrogen and oxygen atoms in total. The Balaban J connectivity index is 1.67. The SMILES string of the molecule is Clc1cccc(N2CCN(c3nccs3)CC2)n1. The number of piperazine rings is 1. The molecule has 0 aromatic carbocycles. The fraction of sp³-hybridized carbons (Fsp3) is 0.333. The minimum absolute atomic E-state index is 0.551. The van der Waals surface area contributed by atoms with Gasteiger partial charge in [0, 0.05) is 37.8 Å². The van der Waals surface area contributed by atoms with E-state index in [9.17, 15) is 0 Å². The summed E-state index contributed by atoms with van der Waals surface area (Å²) in [7, 11) is 0. The molecule has 18 heavy (non-hydrogen) atoms. The highest BCUT2D eigenvalue weighted by atomic mass is 35.5. The Hall–Kier alpha value is -1.33. The molecule has 2 aromatic rings. The van der Waals surface area contributed by atoms with Crippen LogP contribution in [0, 0.1) is 0 Å². The first-order valence-corrected chi connectivity index (χ1v) is 7.10. The van der Waals surface area contributed by atoms with Crippen molar-refractivity contribution in [2.75, 3.05) is 36.0 Å². The molecule has 0 N–H and O–H groups in total. The van der Waals surface area contributed by atoms with E-state index in [0.717, 1.165) is 37.1 Å². The lowest BCUT2D eigenvalue weighted by Crippen LogP contribution is -2.46. The Bertz CT molecular complexity index is 509. The van der Waals surface area contributed by atoms with Crippen LogP contribution < -0.4 is 9.80 Å². The summed E-state index contributed by atoms with van der Waals surface area (Å²) in [5.74, 6) is 0.960. The summed E-state index contributed by atoms with van der Waals surface area (Å²) >= 11 is 7.61. The molecule has 1 aliphatic rings. The van der Waals surface area contributed by atoms with Crippen LogP contribution in [0.25, 0.3) is 0 Å². The highest BCUT2D eigenvalue weighted by Gasteiger charge is 2.19. The average molecular weight is 281 g/mol.